The standard InChI is InChI=1S/C7H15IN2O/c1-6(2)7(11)9-4-3-5-10-8/h6,10H,3-5H2,1-2H3,(H,9,11). The molecule has 0 aromatic carbocycles. The van der Waals surface area contributed by atoms with Gasteiger partial charge in [0.15, 0.2) is 0 Å². The van der Waals surface area contributed by atoms with Gasteiger partial charge in [-0.05, 0) is 6.42 Å². The molecule has 0 rings (SSSR count). The van der Waals surface area contributed by atoms with Gasteiger partial charge in [-0.2, -0.15) is 0 Å². The Hall–Kier alpha value is 0.160. The molecule has 4 heteroatoms. The van der Waals surface area contributed by atoms with Crippen LogP contribution in [0.4, 0.5) is 0 Å². The summed E-state index contributed by atoms with van der Waals surface area (Å²) in [7, 11) is 0. The Morgan fingerprint density at radius 3 is 2.55 bits per heavy atom. The zero-order valence-corrected chi connectivity index (χ0v) is 9.14. The molecular weight excluding hydrogens is 255 g/mol. The summed E-state index contributed by atoms with van der Waals surface area (Å²) in [5.74, 6) is 0.237. The van der Waals surface area contributed by atoms with E-state index in [2.05, 4.69) is 31.7 Å². The van der Waals surface area contributed by atoms with Gasteiger partial charge in [-0.25, -0.2) is 0 Å². The third-order valence-corrected chi connectivity index (χ3v) is 1.81. The smallest absolute Gasteiger partial charge is 0.222 e. The van der Waals surface area contributed by atoms with Gasteiger partial charge in [0.2, 0.25) is 5.91 Å². The molecule has 0 fully saturated rings. The van der Waals surface area contributed by atoms with Gasteiger partial charge in [-0.3, -0.25) is 8.32 Å². The largest absolute Gasteiger partial charge is 0.356 e. The second-order valence-corrected chi connectivity index (χ2v) is 3.45. The maximum atomic E-state index is 11.0. The molecule has 0 atom stereocenters. The molecule has 0 bridgehead atoms. The number of amides is 1. The molecule has 0 aliphatic heterocycles. The van der Waals surface area contributed by atoms with Crippen LogP contribution in [0.5, 0.6) is 0 Å². The molecule has 0 unspecified atom stereocenters. The highest BCUT2D eigenvalue weighted by Crippen LogP contribution is 1.89. The van der Waals surface area contributed by atoms with Gasteiger partial charge in [-0.1, -0.05) is 13.8 Å². The first kappa shape index (κ1) is 11.2. The molecule has 0 aromatic rings. The Labute approximate surface area is 81.8 Å². The van der Waals surface area contributed by atoms with Gasteiger partial charge in [0.1, 0.15) is 0 Å². The summed E-state index contributed by atoms with van der Waals surface area (Å²) >= 11 is 2.10. The predicted molar refractivity (Wildman–Crippen MR) is 54.5 cm³/mol. The van der Waals surface area contributed by atoms with E-state index >= 15 is 0 Å². The Kier molecular flexibility index (Phi) is 6.94. The molecule has 66 valence electrons. The molecule has 0 aliphatic carbocycles. The topological polar surface area (TPSA) is 41.1 Å². The second kappa shape index (κ2) is 6.84. The van der Waals surface area contributed by atoms with Crippen molar-refractivity contribution in [2.24, 2.45) is 5.92 Å². The minimum absolute atomic E-state index is 0.0996. The summed E-state index contributed by atoms with van der Waals surface area (Å²) in [6.45, 7) is 5.50. The lowest BCUT2D eigenvalue weighted by molar-refractivity contribution is -0.123. The highest BCUT2D eigenvalue weighted by Gasteiger charge is 2.03. The quantitative estimate of drug-likeness (QED) is 0.446. The summed E-state index contributed by atoms with van der Waals surface area (Å²) in [5, 5.41) is 2.83. The first-order chi connectivity index (χ1) is 5.18. The van der Waals surface area contributed by atoms with Crippen molar-refractivity contribution in [2.75, 3.05) is 13.1 Å². The molecule has 1 amide bonds. The van der Waals surface area contributed by atoms with Crippen molar-refractivity contribution < 1.29 is 4.79 Å². The van der Waals surface area contributed by atoms with Crippen LogP contribution in [-0.2, 0) is 4.79 Å². The van der Waals surface area contributed by atoms with Crippen LogP contribution >= 0.6 is 22.9 Å². The van der Waals surface area contributed by atoms with Gasteiger partial charge in [0.05, 0.1) is 0 Å². The van der Waals surface area contributed by atoms with Crippen LogP contribution in [0.3, 0.4) is 0 Å². The number of carbonyl (C=O) groups is 1. The average Bonchev–Trinajstić information content (AvgIpc) is 1.97. The highest BCUT2D eigenvalue weighted by molar-refractivity contribution is 14.1. The van der Waals surface area contributed by atoms with E-state index < -0.39 is 0 Å². The van der Waals surface area contributed by atoms with Crippen LogP contribution in [0.2, 0.25) is 0 Å². The maximum Gasteiger partial charge on any atom is 0.222 e. The number of rotatable bonds is 5. The monoisotopic (exact) mass is 270 g/mol. The zero-order valence-electron chi connectivity index (χ0n) is 6.98. The molecule has 0 radical (unpaired) electrons. The lowest BCUT2D eigenvalue weighted by Gasteiger charge is -2.06. The average molecular weight is 270 g/mol. The first-order valence-corrected chi connectivity index (χ1v) is 4.87. The van der Waals surface area contributed by atoms with Gasteiger partial charge in [0.25, 0.3) is 0 Å². The number of nitrogens with one attached hydrogen (secondary N) is 2. The Morgan fingerprint density at radius 1 is 1.45 bits per heavy atom. The fourth-order valence-corrected chi connectivity index (χ4v) is 0.952. The van der Waals surface area contributed by atoms with Gasteiger partial charge >= 0.3 is 0 Å². The van der Waals surface area contributed by atoms with Gasteiger partial charge in [-0.15, -0.1) is 0 Å². The van der Waals surface area contributed by atoms with Crippen molar-refractivity contribution >= 4 is 28.8 Å². The lowest BCUT2D eigenvalue weighted by Crippen LogP contribution is -2.29. The van der Waals surface area contributed by atoms with Crippen molar-refractivity contribution in [2.45, 2.75) is 20.3 Å². The summed E-state index contributed by atoms with van der Waals surface area (Å²) < 4.78 is 2.99. The highest BCUT2D eigenvalue weighted by atomic mass is 127. The summed E-state index contributed by atoms with van der Waals surface area (Å²) in [6, 6.07) is 0. The van der Waals surface area contributed by atoms with E-state index in [1.807, 2.05) is 13.8 Å². The molecular formula is C7H15IN2O. The van der Waals surface area contributed by atoms with Crippen LogP contribution in [-0.4, -0.2) is 19.0 Å². The van der Waals surface area contributed by atoms with Gasteiger partial charge < -0.3 is 5.32 Å². The summed E-state index contributed by atoms with van der Waals surface area (Å²) in [4.78, 5) is 11.0. The van der Waals surface area contributed by atoms with Crippen molar-refractivity contribution in [3.63, 3.8) is 0 Å². The molecule has 0 saturated carbocycles. The molecule has 0 saturated heterocycles. The third-order valence-electron chi connectivity index (χ3n) is 1.27. The Bertz CT molecular complexity index is 117. The Balaban J connectivity index is 3.18. The van der Waals surface area contributed by atoms with Crippen LogP contribution in [0.15, 0.2) is 0 Å². The molecule has 11 heavy (non-hydrogen) atoms. The summed E-state index contributed by atoms with van der Waals surface area (Å²) in [5.41, 5.74) is 0. The number of carbonyl (C=O) groups excluding carboxylic acids is 1. The van der Waals surface area contributed by atoms with Crippen LogP contribution < -0.4 is 8.85 Å². The molecule has 0 heterocycles. The second-order valence-electron chi connectivity index (χ2n) is 2.68. The predicted octanol–water partition coefficient (Wildman–Crippen LogP) is 1.09. The van der Waals surface area contributed by atoms with E-state index in [0.29, 0.717) is 0 Å². The van der Waals surface area contributed by atoms with Crippen LogP contribution in [0, 0.1) is 5.92 Å². The Morgan fingerprint density at radius 2 is 2.09 bits per heavy atom. The van der Waals surface area contributed by atoms with Crippen LogP contribution in [0.1, 0.15) is 20.3 Å². The number of halogens is 1. The first-order valence-electron chi connectivity index (χ1n) is 3.79. The third kappa shape index (κ3) is 6.55. The van der Waals surface area contributed by atoms with Crippen molar-refractivity contribution in [1.82, 2.24) is 8.85 Å². The zero-order chi connectivity index (χ0) is 8.69. The van der Waals surface area contributed by atoms with E-state index in [1.165, 1.54) is 0 Å². The molecule has 3 nitrogen and oxygen atoms in total. The molecule has 0 spiro atoms. The van der Waals surface area contributed by atoms with Crippen molar-refractivity contribution in [3.05, 3.63) is 0 Å². The molecule has 0 aliphatic rings. The van der Waals surface area contributed by atoms with E-state index in [-0.39, 0.29) is 11.8 Å². The number of hydrogen-bond acceptors (Lipinski definition) is 2. The van der Waals surface area contributed by atoms with Crippen molar-refractivity contribution in [3.8, 4) is 0 Å². The summed E-state index contributed by atoms with van der Waals surface area (Å²) in [6.07, 6.45) is 0.988. The van der Waals surface area contributed by atoms with E-state index in [0.717, 1.165) is 19.5 Å². The number of hydrogen-bond donors (Lipinski definition) is 2. The molecule has 0 aromatic heterocycles. The normalized spacial score (nSPS) is 10.2. The van der Waals surface area contributed by atoms with Crippen LogP contribution in [0.25, 0.3) is 0 Å². The van der Waals surface area contributed by atoms with E-state index in [9.17, 15) is 4.79 Å². The molecule has 2 N–H and O–H groups in total. The minimum Gasteiger partial charge on any atom is -0.356 e. The minimum atomic E-state index is 0.0996. The SMILES string of the molecule is CC(C)C(=O)NCCCNI. The lowest BCUT2D eigenvalue weighted by atomic mass is 10.2. The van der Waals surface area contributed by atoms with E-state index in [4.69, 9.17) is 0 Å². The van der Waals surface area contributed by atoms with Crippen molar-refractivity contribution in [1.29, 1.82) is 0 Å². The van der Waals surface area contributed by atoms with Gasteiger partial charge in [0, 0.05) is 41.9 Å². The fourth-order valence-electron chi connectivity index (χ4n) is 0.571. The fraction of sp³-hybridized carbons (Fsp3) is 0.857. The maximum absolute atomic E-state index is 11.0. The van der Waals surface area contributed by atoms with E-state index in [1.54, 1.807) is 0 Å².